The second kappa shape index (κ2) is 5.06. The molecule has 1 aromatic rings. The Kier molecular flexibility index (Phi) is 3.35. The van der Waals surface area contributed by atoms with E-state index in [0.717, 1.165) is 12.8 Å². The summed E-state index contributed by atoms with van der Waals surface area (Å²) in [6, 6.07) is 2.86. The number of aryl methyl sites for hydroxylation is 1. The minimum absolute atomic E-state index is 0.0644. The molecule has 0 bridgehead atoms. The normalized spacial score (nSPS) is 21.3. The van der Waals surface area contributed by atoms with Crippen LogP contribution in [-0.2, 0) is 9.59 Å². The summed E-state index contributed by atoms with van der Waals surface area (Å²) in [6.07, 6.45) is 2.77. The zero-order valence-corrected chi connectivity index (χ0v) is 11.8. The molecular weight excluding hydrogens is 273 g/mol. The number of carbonyl (C=O) groups is 3. The highest BCUT2D eigenvalue weighted by molar-refractivity contribution is 6.52. The third-order valence-electron chi connectivity index (χ3n) is 4.29. The summed E-state index contributed by atoms with van der Waals surface area (Å²) in [7, 11) is 0. The first-order valence-corrected chi connectivity index (χ1v) is 7.18. The third-order valence-corrected chi connectivity index (χ3v) is 4.29. The van der Waals surface area contributed by atoms with Gasteiger partial charge in [-0.05, 0) is 43.9 Å². The van der Waals surface area contributed by atoms with E-state index >= 15 is 0 Å². The minimum atomic E-state index is -0.694. The van der Waals surface area contributed by atoms with Gasteiger partial charge in [0, 0.05) is 18.9 Å². The fraction of sp³-hybridized carbons (Fsp3) is 0.438. The lowest BCUT2D eigenvalue weighted by Gasteiger charge is -2.19. The predicted octanol–water partition coefficient (Wildman–Crippen LogP) is 2.42. The van der Waals surface area contributed by atoms with Crippen LogP contribution < -0.4 is 4.90 Å². The van der Waals surface area contributed by atoms with Crippen LogP contribution in [0, 0.1) is 18.7 Å². The number of rotatable bonds is 3. The molecule has 1 aliphatic heterocycles. The molecule has 1 aliphatic carbocycles. The molecule has 0 aromatic heterocycles. The van der Waals surface area contributed by atoms with Crippen LogP contribution in [0.4, 0.5) is 10.1 Å². The number of ketones is 2. The summed E-state index contributed by atoms with van der Waals surface area (Å²) in [4.78, 5) is 36.8. The van der Waals surface area contributed by atoms with Crippen molar-refractivity contribution in [2.45, 2.75) is 32.6 Å². The Hall–Kier alpha value is -2.04. The molecule has 1 heterocycles. The maximum absolute atomic E-state index is 14.1. The summed E-state index contributed by atoms with van der Waals surface area (Å²) >= 11 is 0. The lowest BCUT2D eigenvalue weighted by Crippen LogP contribution is -2.32. The van der Waals surface area contributed by atoms with Crippen molar-refractivity contribution in [3.63, 3.8) is 0 Å². The number of nitrogens with zero attached hydrogens (tertiary/aromatic N) is 1. The van der Waals surface area contributed by atoms with Gasteiger partial charge in [-0.2, -0.15) is 0 Å². The number of anilines is 1. The van der Waals surface area contributed by atoms with Gasteiger partial charge in [0.15, 0.2) is 0 Å². The second-order valence-corrected chi connectivity index (χ2v) is 5.77. The fourth-order valence-corrected chi connectivity index (χ4v) is 3.21. The van der Waals surface area contributed by atoms with Crippen molar-refractivity contribution in [1.82, 2.24) is 0 Å². The number of hydrogen-bond acceptors (Lipinski definition) is 3. The highest BCUT2D eigenvalue weighted by Gasteiger charge is 2.38. The van der Waals surface area contributed by atoms with Gasteiger partial charge >= 0.3 is 0 Å². The second-order valence-electron chi connectivity index (χ2n) is 5.77. The molecule has 4 nitrogen and oxygen atoms in total. The Labute approximate surface area is 121 Å². The Morgan fingerprint density at radius 1 is 1.29 bits per heavy atom. The summed E-state index contributed by atoms with van der Waals surface area (Å²) in [5.41, 5.74) is 0.816. The van der Waals surface area contributed by atoms with E-state index in [9.17, 15) is 18.8 Å². The first-order valence-electron chi connectivity index (χ1n) is 7.18. The molecule has 5 heteroatoms. The summed E-state index contributed by atoms with van der Waals surface area (Å²) in [6.45, 7) is 1.90. The minimum Gasteiger partial charge on any atom is -0.302 e. The van der Waals surface area contributed by atoms with Gasteiger partial charge < -0.3 is 4.90 Å². The molecule has 1 unspecified atom stereocenters. The Bertz CT molecular complexity index is 653. The fourth-order valence-electron chi connectivity index (χ4n) is 3.21. The molecule has 21 heavy (non-hydrogen) atoms. The smallest absolute Gasteiger partial charge is 0.299 e. The molecule has 1 aromatic carbocycles. The largest absolute Gasteiger partial charge is 0.302 e. The number of hydrogen-bond donors (Lipinski definition) is 0. The molecule has 1 atom stereocenters. The zero-order valence-electron chi connectivity index (χ0n) is 11.8. The maximum Gasteiger partial charge on any atom is 0.299 e. The predicted molar refractivity (Wildman–Crippen MR) is 74.8 cm³/mol. The molecule has 0 saturated heterocycles. The molecule has 0 spiro atoms. The monoisotopic (exact) mass is 289 g/mol. The molecular formula is C16H16FNO3. The van der Waals surface area contributed by atoms with Crippen LogP contribution in [0.1, 0.15) is 41.6 Å². The number of carbonyl (C=O) groups excluding carboxylic acids is 3. The standard InChI is InChI=1S/C16H16FNO3/c1-9-7-11-14(12(17)8-9)18(16(21)15(11)20)6-5-10-3-2-4-13(10)19/h7-8,10H,2-6H2,1H3. The lowest BCUT2D eigenvalue weighted by atomic mass is 10.0. The number of fused-ring (bicyclic) bond motifs is 1. The summed E-state index contributed by atoms with van der Waals surface area (Å²) < 4.78 is 14.1. The number of benzene rings is 1. The Balaban J connectivity index is 1.85. The first kappa shape index (κ1) is 13.9. The van der Waals surface area contributed by atoms with E-state index in [2.05, 4.69) is 0 Å². The molecule has 0 N–H and O–H groups in total. The van der Waals surface area contributed by atoms with Gasteiger partial charge in [0.1, 0.15) is 11.6 Å². The van der Waals surface area contributed by atoms with Crippen LogP contribution in [0.2, 0.25) is 0 Å². The van der Waals surface area contributed by atoms with Crippen molar-refractivity contribution in [1.29, 1.82) is 0 Å². The molecule has 1 saturated carbocycles. The van der Waals surface area contributed by atoms with Crippen molar-refractivity contribution < 1.29 is 18.8 Å². The van der Waals surface area contributed by atoms with Gasteiger partial charge in [-0.15, -0.1) is 0 Å². The van der Waals surface area contributed by atoms with Gasteiger partial charge in [-0.1, -0.05) is 0 Å². The molecule has 1 amide bonds. The zero-order chi connectivity index (χ0) is 15.1. The first-order chi connectivity index (χ1) is 9.99. The van der Waals surface area contributed by atoms with Crippen LogP contribution >= 0.6 is 0 Å². The lowest BCUT2D eigenvalue weighted by molar-refractivity contribution is -0.121. The van der Waals surface area contributed by atoms with Gasteiger partial charge in [0.2, 0.25) is 0 Å². The SMILES string of the molecule is Cc1cc(F)c2c(c1)C(=O)C(=O)N2CCC1CCCC1=O. The highest BCUT2D eigenvalue weighted by Crippen LogP contribution is 2.34. The average molecular weight is 289 g/mol. The van der Waals surface area contributed by atoms with Gasteiger partial charge in [0.25, 0.3) is 11.7 Å². The van der Waals surface area contributed by atoms with Gasteiger partial charge in [-0.3, -0.25) is 14.4 Å². The van der Waals surface area contributed by atoms with Crippen molar-refractivity contribution in [3.05, 3.63) is 29.1 Å². The average Bonchev–Trinajstić information content (AvgIpc) is 2.93. The highest BCUT2D eigenvalue weighted by atomic mass is 19.1. The van der Waals surface area contributed by atoms with Gasteiger partial charge in [0.05, 0.1) is 11.3 Å². The van der Waals surface area contributed by atoms with E-state index in [-0.39, 0.29) is 29.5 Å². The van der Waals surface area contributed by atoms with E-state index in [0.29, 0.717) is 18.4 Å². The van der Waals surface area contributed by atoms with Crippen molar-refractivity contribution >= 4 is 23.2 Å². The Morgan fingerprint density at radius 2 is 2.05 bits per heavy atom. The van der Waals surface area contributed by atoms with E-state index < -0.39 is 17.5 Å². The van der Waals surface area contributed by atoms with E-state index in [1.165, 1.54) is 11.0 Å². The number of Topliss-reactive ketones (excluding diaryl/α,β-unsaturated/α-hetero) is 2. The Morgan fingerprint density at radius 3 is 2.71 bits per heavy atom. The molecule has 0 radical (unpaired) electrons. The van der Waals surface area contributed by atoms with E-state index in [1.54, 1.807) is 13.0 Å². The topological polar surface area (TPSA) is 54.5 Å². The van der Waals surface area contributed by atoms with Crippen LogP contribution in [0.15, 0.2) is 12.1 Å². The number of amides is 1. The molecule has 2 aliphatic rings. The quantitative estimate of drug-likeness (QED) is 0.803. The van der Waals surface area contributed by atoms with Crippen LogP contribution in [0.5, 0.6) is 0 Å². The third kappa shape index (κ3) is 2.26. The summed E-state index contributed by atoms with van der Waals surface area (Å²) in [5, 5.41) is 0. The van der Waals surface area contributed by atoms with E-state index in [4.69, 9.17) is 0 Å². The number of halogens is 1. The molecule has 3 rings (SSSR count). The molecule has 110 valence electrons. The summed E-state index contributed by atoms with van der Waals surface area (Å²) in [5.74, 6) is -1.77. The van der Waals surface area contributed by atoms with Crippen molar-refractivity contribution in [2.75, 3.05) is 11.4 Å². The maximum atomic E-state index is 14.1. The van der Waals surface area contributed by atoms with Crippen LogP contribution in [-0.4, -0.2) is 24.0 Å². The van der Waals surface area contributed by atoms with Crippen LogP contribution in [0.3, 0.4) is 0 Å². The van der Waals surface area contributed by atoms with Crippen LogP contribution in [0.25, 0.3) is 0 Å². The van der Waals surface area contributed by atoms with Crippen molar-refractivity contribution in [3.8, 4) is 0 Å². The molecule has 1 fully saturated rings. The van der Waals surface area contributed by atoms with E-state index in [1.807, 2.05) is 0 Å². The van der Waals surface area contributed by atoms with Gasteiger partial charge in [-0.25, -0.2) is 4.39 Å². The van der Waals surface area contributed by atoms with Crippen molar-refractivity contribution in [2.24, 2.45) is 5.92 Å².